The smallest absolute Gasteiger partial charge is 0.403 e. The Labute approximate surface area is 229 Å². The van der Waals surface area contributed by atoms with Crippen molar-refractivity contribution in [3.05, 3.63) is 53.3 Å². The molecule has 216 valence electrons. The molecule has 0 amide bonds. The quantitative estimate of drug-likeness (QED) is 0.157. The summed E-state index contributed by atoms with van der Waals surface area (Å²) in [6.07, 6.45) is 8.37. The Morgan fingerprint density at radius 1 is 0.795 bits per heavy atom. The molecule has 4 rings (SSSR count). The number of hydrogen-bond donors (Lipinski definition) is 0. The van der Waals surface area contributed by atoms with E-state index in [1.807, 2.05) is 0 Å². The Bertz CT molecular complexity index is 1050. The Balaban J connectivity index is 1.28. The van der Waals surface area contributed by atoms with E-state index in [1.54, 1.807) is 0 Å². The van der Waals surface area contributed by atoms with Gasteiger partial charge in [-0.25, -0.2) is 13.2 Å². The normalized spacial score (nSPS) is 24.1. The van der Waals surface area contributed by atoms with Crippen molar-refractivity contribution in [3.63, 3.8) is 0 Å². The van der Waals surface area contributed by atoms with E-state index in [9.17, 15) is 17.6 Å². The molecule has 39 heavy (non-hydrogen) atoms. The van der Waals surface area contributed by atoms with E-state index in [1.165, 1.54) is 75.2 Å². The number of benzene rings is 2. The summed E-state index contributed by atoms with van der Waals surface area (Å²) >= 11 is 0. The number of rotatable bonds is 10. The summed E-state index contributed by atoms with van der Waals surface area (Å²) in [6, 6.07) is 9.58. The molecule has 0 spiro atoms. The highest BCUT2D eigenvalue weighted by Crippen LogP contribution is 2.41. The maximum atomic E-state index is 15.0. The van der Waals surface area contributed by atoms with Crippen LogP contribution in [0.4, 0.5) is 26.3 Å². The highest BCUT2D eigenvalue weighted by molar-refractivity contribution is 6.58. The topological polar surface area (TPSA) is 9.23 Å². The summed E-state index contributed by atoms with van der Waals surface area (Å²) in [4.78, 5) is 0. The van der Waals surface area contributed by atoms with Gasteiger partial charge in [-0.3, -0.25) is 0 Å². The van der Waals surface area contributed by atoms with Crippen molar-refractivity contribution < 1.29 is 31.1 Å². The van der Waals surface area contributed by atoms with Crippen LogP contribution >= 0.6 is 0 Å². The van der Waals surface area contributed by atoms with Crippen LogP contribution in [0.5, 0.6) is 5.75 Å². The van der Waals surface area contributed by atoms with E-state index < -0.39 is 43.9 Å². The summed E-state index contributed by atoms with van der Waals surface area (Å²) < 4.78 is 84.9. The van der Waals surface area contributed by atoms with Gasteiger partial charge in [0.25, 0.3) is 0 Å². The standard InChI is InChI=1S/C31H40F6OSi/c1-2-3-4-15-39-16-13-22(14-17-39)6-5-21-7-9-23(10-8-21)25-19-27(33)30(28(34)20-25)24-11-12-29(26(32)18-24)38-31(35,36)37/h11-12,18-23,39H,2-10,13-17H2,1H3/t21-,22?,23-,39?. The molecule has 0 aromatic heterocycles. The molecule has 1 aliphatic carbocycles. The lowest BCUT2D eigenvalue weighted by Gasteiger charge is -2.32. The molecular formula is C31H40F6OSi. The van der Waals surface area contributed by atoms with Gasteiger partial charge in [0.05, 0.1) is 5.56 Å². The lowest BCUT2D eigenvalue weighted by molar-refractivity contribution is -0.275. The summed E-state index contributed by atoms with van der Waals surface area (Å²) in [5, 5.41) is 0. The molecule has 0 N–H and O–H groups in total. The van der Waals surface area contributed by atoms with Crippen molar-refractivity contribution in [1.29, 1.82) is 0 Å². The first-order valence-corrected chi connectivity index (χ1v) is 17.1. The minimum Gasteiger partial charge on any atom is -0.403 e. The van der Waals surface area contributed by atoms with Crippen LogP contribution in [0, 0.1) is 29.3 Å². The molecule has 1 heterocycles. The van der Waals surface area contributed by atoms with Crippen molar-refractivity contribution in [1.82, 2.24) is 0 Å². The van der Waals surface area contributed by atoms with E-state index >= 15 is 8.78 Å². The minimum atomic E-state index is -5.06. The zero-order chi connectivity index (χ0) is 28.0. The van der Waals surface area contributed by atoms with Crippen LogP contribution in [0.3, 0.4) is 0 Å². The van der Waals surface area contributed by atoms with Gasteiger partial charge < -0.3 is 4.74 Å². The highest BCUT2D eigenvalue weighted by Gasteiger charge is 2.33. The average molecular weight is 571 g/mol. The number of ether oxygens (including phenoxy) is 1. The predicted molar refractivity (Wildman–Crippen MR) is 146 cm³/mol. The molecule has 0 unspecified atom stereocenters. The van der Waals surface area contributed by atoms with Crippen molar-refractivity contribution in [2.75, 3.05) is 0 Å². The lowest BCUT2D eigenvalue weighted by Crippen LogP contribution is -2.22. The van der Waals surface area contributed by atoms with E-state index in [2.05, 4.69) is 11.7 Å². The maximum Gasteiger partial charge on any atom is 0.573 e. The fourth-order valence-electron chi connectivity index (χ4n) is 6.72. The molecule has 1 aliphatic heterocycles. The third-order valence-corrected chi connectivity index (χ3v) is 12.5. The average Bonchev–Trinajstić information content (AvgIpc) is 2.89. The molecule has 2 aliphatic rings. The van der Waals surface area contributed by atoms with Crippen LogP contribution in [0.25, 0.3) is 11.1 Å². The monoisotopic (exact) mass is 570 g/mol. The van der Waals surface area contributed by atoms with Crippen LogP contribution in [-0.4, -0.2) is 15.2 Å². The van der Waals surface area contributed by atoms with Crippen LogP contribution < -0.4 is 4.74 Å². The molecule has 8 heteroatoms. The molecule has 1 saturated carbocycles. The van der Waals surface area contributed by atoms with Crippen LogP contribution in [0.15, 0.2) is 30.3 Å². The van der Waals surface area contributed by atoms with Crippen molar-refractivity contribution in [2.24, 2.45) is 11.8 Å². The maximum absolute atomic E-state index is 15.0. The van der Waals surface area contributed by atoms with Crippen molar-refractivity contribution in [3.8, 4) is 16.9 Å². The molecule has 0 atom stereocenters. The summed E-state index contributed by atoms with van der Waals surface area (Å²) in [5.74, 6) is -2.44. The third-order valence-electron chi connectivity index (χ3n) is 8.99. The van der Waals surface area contributed by atoms with E-state index in [-0.39, 0.29) is 11.5 Å². The van der Waals surface area contributed by atoms with Crippen LogP contribution in [0.1, 0.15) is 89.0 Å². The highest BCUT2D eigenvalue weighted by atomic mass is 28.3. The Morgan fingerprint density at radius 2 is 1.41 bits per heavy atom. The van der Waals surface area contributed by atoms with Crippen molar-refractivity contribution >= 4 is 8.80 Å². The van der Waals surface area contributed by atoms with Gasteiger partial charge in [0, 0.05) is 8.80 Å². The predicted octanol–water partition coefficient (Wildman–Crippen LogP) is 10.6. The summed E-state index contributed by atoms with van der Waals surface area (Å²) in [6.45, 7) is 2.27. The van der Waals surface area contributed by atoms with Gasteiger partial charge in [-0.2, -0.15) is 0 Å². The van der Waals surface area contributed by atoms with Gasteiger partial charge in [-0.05, 0) is 78.8 Å². The van der Waals surface area contributed by atoms with Crippen LogP contribution in [0.2, 0.25) is 18.1 Å². The Hall–Kier alpha value is -1.96. The largest absolute Gasteiger partial charge is 0.573 e. The fraction of sp³-hybridized carbons (Fsp3) is 0.613. The molecule has 1 saturated heterocycles. The van der Waals surface area contributed by atoms with Gasteiger partial charge in [-0.15, -0.1) is 13.2 Å². The Morgan fingerprint density at radius 3 is 1.97 bits per heavy atom. The first kappa shape index (κ1) is 30.0. The SMILES string of the molecule is CCCCC[SiH]1CCC(CC[C@H]2CC[C@H](c3cc(F)c(-c4ccc(OC(F)(F)F)c(F)c4)c(F)c3)CC2)CC1. The fourth-order valence-corrected chi connectivity index (χ4v) is 10.3. The van der Waals surface area contributed by atoms with Gasteiger partial charge >= 0.3 is 6.36 Å². The second-order valence-corrected chi connectivity index (χ2v) is 15.2. The lowest BCUT2D eigenvalue weighted by atomic mass is 9.76. The van der Waals surface area contributed by atoms with Crippen LogP contribution in [-0.2, 0) is 0 Å². The minimum absolute atomic E-state index is 0.0724. The molecule has 2 fully saturated rings. The molecule has 2 aromatic carbocycles. The van der Waals surface area contributed by atoms with E-state index in [4.69, 9.17) is 0 Å². The number of unbranched alkanes of at least 4 members (excludes halogenated alkanes) is 2. The summed E-state index contributed by atoms with van der Waals surface area (Å²) in [7, 11) is -0.470. The molecule has 1 nitrogen and oxygen atoms in total. The molecule has 2 aromatic rings. The van der Waals surface area contributed by atoms with Gasteiger partial charge in [0.2, 0.25) is 0 Å². The number of hydrogen-bond acceptors (Lipinski definition) is 1. The van der Waals surface area contributed by atoms with Gasteiger partial charge in [0.15, 0.2) is 11.6 Å². The molecule has 0 bridgehead atoms. The molecule has 0 radical (unpaired) electrons. The Kier molecular flexibility index (Phi) is 10.5. The van der Waals surface area contributed by atoms with Crippen molar-refractivity contribution in [2.45, 2.75) is 108 Å². The second-order valence-electron chi connectivity index (χ2n) is 11.7. The number of halogens is 6. The van der Waals surface area contributed by atoms with Gasteiger partial charge in [-0.1, -0.05) is 76.1 Å². The first-order valence-electron chi connectivity index (χ1n) is 14.7. The first-order chi connectivity index (χ1) is 18.6. The summed E-state index contributed by atoms with van der Waals surface area (Å²) in [5.41, 5.74) is -0.0333. The molecular weight excluding hydrogens is 530 g/mol. The van der Waals surface area contributed by atoms with E-state index in [0.29, 0.717) is 17.5 Å². The second kappa shape index (κ2) is 13.6. The third kappa shape index (κ3) is 8.51. The van der Waals surface area contributed by atoms with Gasteiger partial charge in [0.1, 0.15) is 11.6 Å². The van der Waals surface area contributed by atoms with E-state index in [0.717, 1.165) is 43.7 Å². The zero-order valence-electron chi connectivity index (χ0n) is 22.8. The number of alkyl halides is 3. The zero-order valence-corrected chi connectivity index (χ0v) is 23.9.